The second-order valence-electron chi connectivity index (χ2n) is 10.6. The van der Waals surface area contributed by atoms with E-state index in [1.54, 1.807) is 0 Å². The molecule has 2 aliphatic carbocycles. The summed E-state index contributed by atoms with van der Waals surface area (Å²) in [5.41, 5.74) is 6.71. The third-order valence-electron chi connectivity index (χ3n) is 8.25. The van der Waals surface area contributed by atoms with E-state index in [2.05, 4.69) is 20.4 Å². The summed E-state index contributed by atoms with van der Waals surface area (Å²) < 4.78 is 22.6. The molecule has 4 aliphatic rings. The molecule has 0 aromatic heterocycles. The van der Waals surface area contributed by atoms with Gasteiger partial charge in [-0.2, -0.15) is 0 Å². The average molecular weight is 434 g/mol. The maximum atomic E-state index is 12.2. The minimum Gasteiger partial charge on any atom is -0.458 e. The van der Waals surface area contributed by atoms with E-state index in [1.165, 1.54) is 5.57 Å². The molecular weight excluding hydrogens is 398 g/mol. The van der Waals surface area contributed by atoms with Crippen molar-refractivity contribution in [3.63, 3.8) is 0 Å². The van der Waals surface area contributed by atoms with E-state index in [0.29, 0.717) is 24.5 Å². The SMILES string of the molecule is C=C1CCC2[C@]3(C)COC(C)(C)O[C@@H]3CC[C@@]2(C)[C@@H]1C/C=C1\C(=O)OCC1OC(N)=O. The Morgan fingerprint density at radius 1 is 1.26 bits per heavy atom. The molecule has 2 heterocycles. The lowest BCUT2D eigenvalue weighted by molar-refractivity contribution is -0.344. The van der Waals surface area contributed by atoms with Crippen LogP contribution in [0.5, 0.6) is 0 Å². The molecule has 172 valence electrons. The highest BCUT2D eigenvalue weighted by Crippen LogP contribution is 2.63. The summed E-state index contributed by atoms with van der Waals surface area (Å²) in [5, 5.41) is 0. The highest BCUT2D eigenvalue weighted by Gasteiger charge is 2.60. The number of fused-ring (bicyclic) bond motifs is 3. The summed E-state index contributed by atoms with van der Waals surface area (Å²) in [5.74, 6) is -0.342. The van der Waals surface area contributed by atoms with Gasteiger partial charge in [0.1, 0.15) is 6.61 Å². The summed E-state index contributed by atoms with van der Waals surface area (Å²) in [4.78, 5) is 23.4. The summed E-state index contributed by atoms with van der Waals surface area (Å²) >= 11 is 0. The van der Waals surface area contributed by atoms with Crippen LogP contribution in [-0.2, 0) is 23.7 Å². The fraction of sp³-hybridized carbons (Fsp3) is 0.750. The number of esters is 1. The van der Waals surface area contributed by atoms with Gasteiger partial charge in [0, 0.05) is 5.41 Å². The quantitative estimate of drug-likeness (QED) is 0.412. The van der Waals surface area contributed by atoms with E-state index in [1.807, 2.05) is 19.9 Å². The number of ether oxygens (including phenoxy) is 4. The van der Waals surface area contributed by atoms with Gasteiger partial charge in [-0.1, -0.05) is 32.1 Å². The summed E-state index contributed by atoms with van der Waals surface area (Å²) in [6.45, 7) is 13.7. The topological polar surface area (TPSA) is 97.1 Å². The van der Waals surface area contributed by atoms with Crippen molar-refractivity contribution in [2.45, 2.75) is 77.8 Å². The summed E-state index contributed by atoms with van der Waals surface area (Å²) in [6.07, 6.45) is 5.09. The molecule has 0 bridgehead atoms. The first-order chi connectivity index (χ1) is 14.5. The van der Waals surface area contributed by atoms with Gasteiger partial charge in [0.05, 0.1) is 18.3 Å². The Labute approximate surface area is 184 Å². The number of hydrogen-bond donors (Lipinski definition) is 1. The lowest BCUT2D eigenvalue weighted by Crippen LogP contribution is -2.62. The first-order valence-electron chi connectivity index (χ1n) is 11.3. The molecular formula is C24H35NO6. The molecule has 6 atom stereocenters. The largest absolute Gasteiger partial charge is 0.458 e. The molecule has 7 nitrogen and oxygen atoms in total. The van der Waals surface area contributed by atoms with Crippen molar-refractivity contribution < 1.29 is 28.5 Å². The van der Waals surface area contributed by atoms with Crippen molar-refractivity contribution in [3.05, 3.63) is 23.8 Å². The third kappa shape index (κ3) is 3.80. The van der Waals surface area contributed by atoms with Crippen molar-refractivity contribution in [3.8, 4) is 0 Å². The highest BCUT2D eigenvalue weighted by atomic mass is 16.7. The van der Waals surface area contributed by atoms with E-state index in [9.17, 15) is 9.59 Å². The zero-order valence-electron chi connectivity index (χ0n) is 19.1. The van der Waals surface area contributed by atoms with Gasteiger partial charge in [0.25, 0.3) is 0 Å². The van der Waals surface area contributed by atoms with Crippen molar-refractivity contribution >= 4 is 12.1 Å². The Morgan fingerprint density at radius 3 is 2.71 bits per heavy atom. The number of carbonyl (C=O) groups is 2. The Hall–Kier alpha value is -1.86. The smallest absolute Gasteiger partial charge is 0.405 e. The molecule has 0 spiro atoms. The third-order valence-corrected chi connectivity index (χ3v) is 8.25. The highest BCUT2D eigenvalue weighted by molar-refractivity contribution is 5.92. The van der Waals surface area contributed by atoms with E-state index in [0.717, 1.165) is 25.7 Å². The lowest BCUT2D eigenvalue weighted by Gasteiger charge is -2.63. The molecule has 2 N–H and O–H groups in total. The second kappa shape index (κ2) is 7.62. The monoisotopic (exact) mass is 433 g/mol. The summed E-state index contributed by atoms with van der Waals surface area (Å²) in [6, 6.07) is 0. The molecule has 2 saturated heterocycles. The van der Waals surface area contributed by atoms with Crippen LogP contribution in [0.1, 0.15) is 59.8 Å². The normalized spacial score (nSPS) is 43.2. The van der Waals surface area contributed by atoms with Gasteiger partial charge in [-0.15, -0.1) is 0 Å². The van der Waals surface area contributed by atoms with Crippen LogP contribution >= 0.6 is 0 Å². The zero-order valence-corrected chi connectivity index (χ0v) is 19.1. The van der Waals surface area contributed by atoms with Crippen molar-refractivity contribution in [2.75, 3.05) is 13.2 Å². The van der Waals surface area contributed by atoms with E-state index < -0.39 is 24.0 Å². The number of nitrogens with two attached hydrogens (primary N) is 1. The van der Waals surface area contributed by atoms with E-state index >= 15 is 0 Å². The molecule has 4 rings (SSSR count). The minimum absolute atomic E-state index is 0.0172. The zero-order chi connectivity index (χ0) is 22.6. The number of amides is 1. The van der Waals surface area contributed by atoms with Crippen LogP contribution in [0.2, 0.25) is 0 Å². The van der Waals surface area contributed by atoms with Crippen molar-refractivity contribution in [2.24, 2.45) is 28.4 Å². The van der Waals surface area contributed by atoms with Gasteiger partial charge >= 0.3 is 12.1 Å². The minimum atomic E-state index is -0.908. The fourth-order valence-electron chi connectivity index (χ4n) is 6.65. The Bertz CT molecular complexity index is 819. The fourth-order valence-corrected chi connectivity index (χ4v) is 6.65. The number of hydrogen-bond acceptors (Lipinski definition) is 6. The molecule has 2 unspecified atom stereocenters. The molecule has 1 amide bonds. The average Bonchev–Trinajstić information content (AvgIpc) is 3.01. The second-order valence-corrected chi connectivity index (χ2v) is 10.6. The Morgan fingerprint density at radius 2 is 2.00 bits per heavy atom. The molecule has 0 aromatic rings. The van der Waals surface area contributed by atoms with E-state index in [4.69, 9.17) is 24.7 Å². The van der Waals surface area contributed by atoms with Gasteiger partial charge in [-0.25, -0.2) is 9.59 Å². The van der Waals surface area contributed by atoms with Crippen LogP contribution in [0.15, 0.2) is 23.8 Å². The number of rotatable bonds is 3. The Balaban J connectivity index is 1.59. The number of primary amides is 1. The van der Waals surface area contributed by atoms with Crippen LogP contribution in [0, 0.1) is 22.7 Å². The van der Waals surface area contributed by atoms with E-state index in [-0.39, 0.29) is 29.5 Å². The van der Waals surface area contributed by atoms with Gasteiger partial charge in [-0.05, 0) is 63.2 Å². The molecule has 0 radical (unpaired) electrons. The summed E-state index contributed by atoms with van der Waals surface area (Å²) in [7, 11) is 0. The number of cyclic esters (lactones) is 1. The van der Waals surface area contributed by atoms with Crippen LogP contribution in [0.25, 0.3) is 0 Å². The van der Waals surface area contributed by atoms with Crippen LogP contribution in [-0.4, -0.2) is 43.3 Å². The Kier molecular flexibility index (Phi) is 5.49. The molecule has 4 fully saturated rings. The van der Waals surface area contributed by atoms with Crippen LogP contribution in [0.3, 0.4) is 0 Å². The standard InChI is InChI=1S/C24H35NO6/c1-14-6-9-18-23(4,11-10-19-24(18,5)13-29-22(2,3)31-19)16(14)8-7-15-17(30-21(25)27)12-28-20(15)26/h7,16-19H,1,6,8-13H2,2-5H3,(H2,25,27)/b15-7-/t16-,17?,18?,19-,23+,24+/m1/s1. The van der Waals surface area contributed by atoms with Crippen molar-refractivity contribution in [1.29, 1.82) is 0 Å². The van der Waals surface area contributed by atoms with Crippen LogP contribution < -0.4 is 5.73 Å². The molecule has 0 aromatic carbocycles. The van der Waals surface area contributed by atoms with Crippen LogP contribution in [0.4, 0.5) is 4.79 Å². The lowest BCUT2D eigenvalue weighted by atomic mass is 9.46. The van der Waals surface area contributed by atoms with Gasteiger partial charge < -0.3 is 24.7 Å². The molecule has 2 saturated carbocycles. The maximum Gasteiger partial charge on any atom is 0.405 e. The molecule has 2 aliphatic heterocycles. The predicted molar refractivity (Wildman–Crippen MR) is 114 cm³/mol. The van der Waals surface area contributed by atoms with Gasteiger partial charge in [0.2, 0.25) is 0 Å². The number of carbonyl (C=O) groups excluding carboxylic acids is 2. The van der Waals surface area contributed by atoms with Gasteiger partial charge in [0.15, 0.2) is 11.9 Å². The molecule has 31 heavy (non-hydrogen) atoms. The molecule has 7 heteroatoms. The predicted octanol–water partition coefficient (Wildman–Crippen LogP) is 3.86. The first-order valence-corrected chi connectivity index (χ1v) is 11.3. The number of allylic oxidation sites excluding steroid dienone is 2. The first kappa shape index (κ1) is 22.3. The van der Waals surface area contributed by atoms with Gasteiger partial charge in [-0.3, -0.25) is 0 Å². The maximum absolute atomic E-state index is 12.2. The van der Waals surface area contributed by atoms with Crippen molar-refractivity contribution in [1.82, 2.24) is 0 Å².